The number of aromatic amines is 1. The minimum Gasteiger partial charge on any atom is -0.477 e. The van der Waals surface area contributed by atoms with E-state index in [2.05, 4.69) is 36.8 Å². The second kappa shape index (κ2) is 4.03. The SMILES string of the molecule is O=C(O)c1cc(=O)c2c([77Br])cc(Br)cc2[nH]1. The van der Waals surface area contributed by atoms with E-state index in [1.54, 1.807) is 12.1 Å². The molecule has 2 N–H and O–H groups in total. The van der Waals surface area contributed by atoms with Crippen LogP contribution in [0.1, 0.15) is 10.5 Å². The van der Waals surface area contributed by atoms with E-state index in [4.69, 9.17) is 5.11 Å². The number of nitrogens with one attached hydrogen (secondary N) is 1. The summed E-state index contributed by atoms with van der Waals surface area (Å²) in [5.41, 5.74) is 0.0270. The van der Waals surface area contributed by atoms with Crippen molar-refractivity contribution < 1.29 is 9.90 Å². The maximum Gasteiger partial charge on any atom is 0.352 e. The average Bonchev–Trinajstić information content (AvgIpc) is 2.15. The number of H-pyrrole nitrogens is 1. The summed E-state index contributed by atoms with van der Waals surface area (Å²) in [5, 5.41) is 9.25. The molecule has 0 aliphatic rings. The molecule has 0 amide bonds. The molecular weight excluding hydrogens is 339 g/mol. The number of halogens is 2. The number of carboxylic acid groups (broad SMARTS) is 1. The Morgan fingerprint density at radius 1 is 1.38 bits per heavy atom. The van der Waals surface area contributed by atoms with Crippen LogP contribution in [0.25, 0.3) is 10.9 Å². The molecule has 2 rings (SSSR count). The molecule has 0 fully saturated rings. The Labute approximate surface area is 107 Å². The summed E-state index contributed by atoms with van der Waals surface area (Å²) in [6, 6.07) is 4.47. The molecule has 4 nitrogen and oxygen atoms in total. The second-order valence-corrected chi connectivity index (χ2v) is 4.93. The normalized spacial score (nSPS) is 10.6. The third-order valence-corrected chi connectivity index (χ3v) is 3.16. The van der Waals surface area contributed by atoms with Crippen LogP contribution >= 0.6 is 31.9 Å². The van der Waals surface area contributed by atoms with Gasteiger partial charge in [-0.2, -0.15) is 0 Å². The van der Waals surface area contributed by atoms with E-state index in [0.29, 0.717) is 15.4 Å². The Morgan fingerprint density at radius 2 is 2.06 bits per heavy atom. The predicted octanol–water partition coefficient (Wildman–Crippen LogP) is 2.75. The van der Waals surface area contributed by atoms with Gasteiger partial charge in [-0.05, 0) is 28.1 Å². The van der Waals surface area contributed by atoms with Crippen LogP contribution in [0, 0.1) is 0 Å². The number of aromatic nitrogens is 1. The predicted molar refractivity (Wildman–Crippen MR) is 66.9 cm³/mol. The van der Waals surface area contributed by atoms with Gasteiger partial charge in [-0.1, -0.05) is 15.9 Å². The number of rotatable bonds is 1. The van der Waals surface area contributed by atoms with Crippen molar-refractivity contribution in [3.8, 4) is 0 Å². The molecular formula is C10H5Br2NO3. The Bertz CT molecular complexity index is 648. The zero-order valence-corrected chi connectivity index (χ0v) is 10.9. The Morgan fingerprint density at radius 3 is 2.69 bits per heavy atom. The van der Waals surface area contributed by atoms with Gasteiger partial charge in [0.2, 0.25) is 0 Å². The largest absolute Gasteiger partial charge is 0.477 e. The van der Waals surface area contributed by atoms with Crippen molar-refractivity contribution in [3.05, 3.63) is 43.1 Å². The lowest BCUT2D eigenvalue weighted by molar-refractivity contribution is 0.0691. The van der Waals surface area contributed by atoms with Crippen LogP contribution in [0.5, 0.6) is 0 Å². The molecule has 1 aromatic carbocycles. The van der Waals surface area contributed by atoms with E-state index in [1.807, 2.05) is 0 Å². The van der Waals surface area contributed by atoms with E-state index in [9.17, 15) is 9.59 Å². The number of fused-ring (bicyclic) bond motifs is 1. The third-order valence-electron chi connectivity index (χ3n) is 2.08. The van der Waals surface area contributed by atoms with E-state index in [0.717, 1.165) is 10.5 Å². The summed E-state index contributed by atoms with van der Waals surface area (Å²) >= 11 is 6.53. The number of pyridine rings is 1. The zero-order valence-electron chi connectivity index (χ0n) is 7.75. The molecule has 0 aliphatic heterocycles. The van der Waals surface area contributed by atoms with Crippen LogP contribution in [0.15, 0.2) is 31.9 Å². The molecule has 1 heterocycles. The Hall–Kier alpha value is -1.14. The van der Waals surface area contributed by atoms with Gasteiger partial charge in [-0.15, -0.1) is 0 Å². The minimum atomic E-state index is -1.16. The topological polar surface area (TPSA) is 70.2 Å². The molecule has 1 aromatic heterocycles. The van der Waals surface area contributed by atoms with Crippen molar-refractivity contribution in [3.63, 3.8) is 0 Å². The van der Waals surface area contributed by atoms with Crippen LogP contribution in [-0.4, -0.2) is 16.1 Å². The molecule has 0 aliphatic carbocycles. The minimum absolute atomic E-state index is 0.123. The first kappa shape index (κ1) is 11.3. The molecule has 82 valence electrons. The van der Waals surface area contributed by atoms with Gasteiger partial charge in [0.1, 0.15) is 5.69 Å². The molecule has 0 saturated heterocycles. The lowest BCUT2D eigenvalue weighted by Crippen LogP contribution is -2.09. The molecule has 0 saturated carbocycles. The highest BCUT2D eigenvalue weighted by Crippen LogP contribution is 2.25. The molecule has 2 aromatic rings. The number of carbonyl (C=O) groups is 1. The number of hydrogen-bond acceptors (Lipinski definition) is 2. The van der Waals surface area contributed by atoms with Crippen molar-refractivity contribution in [1.82, 2.24) is 4.98 Å². The number of carboxylic acids is 1. The van der Waals surface area contributed by atoms with Crippen LogP contribution in [-0.2, 0) is 0 Å². The van der Waals surface area contributed by atoms with E-state index in [-0.39, 0.29) is 11.1 Å². The first-order chi connectivity index (χ1) is 7.49. The van der Waals surface area contributed by atoms with Crippen molar-refractivity contribution >= 4 is 48.7 Å². The lowest BCUT2D eigenvalue weighted by Gasteiger charge is -2.03. The van der Waals surface area contributed by atoms with E-state index in [1.165, 1.54) is 0 Å². The fourth-order valence-corrected chi connectivity index (χ4v) is 2.84. The summed E-state index contributed by atoms with van der Waals surface area (Å²) in [7, 11) is 0. The van der Waals surface area contributed by atoms with Crippen LogP contribution in [0.3, 0.4) is 0 Å². The highest BCUT2D eigenvalue weighted by atomic mass is 79.9. The number of aromatic carboxylic acids is 1. The smallest absolute Gasteiger partial charge is 0.352 e. The standard InChI is InChI=1S/C10H5Br2NO3/c11-4-1-5(12)9-6(2-4)13-7(10(15)16)3-8(9)14/h1-3H,(H,13,14)(H,15,16)/i12-3. The quantitative estimate of drug-likeness (QED) is 0.836. The fraction of sp³-hybridized carbons (Fsp3) is 0. The Kier molecular flexibility index (Phi) is 2.86. The summed E-state index contributed by atoms with van der Waals surface area (Å²) in [6.45, 7) is 0. The summed E-state index contributed by atoms with van der Waals surface area (Å²) in [4.78, 5) is 25.2. The number of benzene rings is 1. The van der Waals surface area contributed by atoms with Crippen LogP contribution in [0.4, 0.5) is 0 Å². The molecule has 0 atom stereocenters. The van der Waals surface area contributed by atoms with Crippen molar-refractivity contribution in [2.24, 2.45) is 0 Å². The zero-order chi connectivity index (χ0) is 11.9. The lowest BCUT2D eigenvalue weighted by atomic mass is 10.2. The maximum absolute atomic E-state index is 11.7. The highest BCUT2D eigenvalue weighted by molar-refractivity contribution is 9.11. The first-order valence-electron chi connectivity index (χ1n) is 4.24. The van der Waals surface area contributed by atoms with E-state index >= 15 is 0 Å². The van der Waals surface area contributed by atoms with Gasteiger partial charge < -0.3 is 10.1 Å². The monoisotopic (exact) mass is 343 g/mol. The molecule has 0 unspecified atom stereocenters. The molecule has 16 heavy (non-hydrogen) atoms. The summed E-state index contributed by atoms with van der Waals surface area (Å²) in [6.07, 6.45) is 0. The molecule has 0 radical (unpaired) electrons. The van der Waals surface area contributed by atoms with Gasteiger partial charge in [-0.3, -0.25) is 4.79 Å². The van der Waals surface area contributed by atoms with Gasteiger partial charge >= 0.3 is 5.97 Å². The third kappa shape index (κ3) is 1.90. The molecule has 0 bridgehead atoms. The van der Waals surface area contributed by atoms with Gasteiger partial charge in [-0.25, -0.2) is 4.79 Å². The van der Waals surface area contributed by atoms with Gasteiger partial charge in [0.25, 0.3) is 0 Å². The Balaban J connectivity index is 2.93. The first-order valence-corrected chi connectivity index (χ1v) is 5.83. The molecule has 6 heteroatoms. The summed E-state index contributed by atoms with van der Waals surface area (Å²) in [5.74, 6) is -1.16. The average molecular weight is 344 g/mol. The fourth-order valence-electron chi connectivity index (χ4n) is 1.42. The maximum atomic E-state index is 11.7. The van der Waals surface area contributed by atoms with Gasteiger partial charge in [0.15, 0.2) is 5.43 Å². The van der Waals surface area contributed by atoms with Crippen molar-refractivity contribution in [2.45, 2.75) is 0 Å². The highest BCUT2D eigenvalue weighted by Gasteiger charge is 2.10. The van der Waals surface area contributed by atoms with Crippen LogP contribution < -0.4 is 5.43 Å². The van der Waals surface area contributed by atoms with Gasteiger partial charge in [0, 0.05) is 15.0 Å². The van der Waals surface area contributed by atoms with E-state index < -0.39 is 5.97 Å². The van der Waals surface area contributed by atoms with Crippen molar-refractivity contribution in [2.75, 3.05) is 0 Å². The summed E-state index contributed by atoms with van der Waals surface area (Å²) < 4.78 is 1.38. The second-order valence-electron chi connectivity index (χ2n) is 3.16. The van der Waals surface area contributed by atoms with Crippen LogP contribution in [0.2, 0.25) is 0 Å². The molecule has 0 spiro atoms. The number of hydrogen-bond donors (Lipinski definition) is 2. The van der Waals surface area contributed by atoms with Crippen molar-refractivity contribution in [1.29, 1.82) is 0 Å². The van der Waals surface area contributed by atoms with Gasteiger partial charge in [0.05, 0.1) is 10.9 Å².